The van der Waals surface area contributed by atoms with Crippen LogP contribution in [0.15, 0.2) is 42.5 Å². The molecular formula is C25H32N2O5. The second-order valence-electron chi connectivity index (χ2n) is 8.98. The molecule has 1 heterocycles. The Kier molecular flexibility index (Phi) is 7.28. The van der Waals surface area contributed by atoms with Gasteiger partial charge in [0.05, 0.1) is 7.11 Å². The number of ether oxygens (including phenoxy) is 3. The molecule has 0 spiro atoms. The van der Waals surface area contributed by atoms with Crippen molar-refractivity contribution < 1.29 is 23.8 Å². The van der Waals surface area contributed by atoms with Gasteiger partial charge in [-0.1, -0.05) is 18.2 Å². The number of carbonyl (C=O) groups excluding carboxylic acids is 2. The monoisotopic (exact) mass is 440 g/mol. The zero-order valence-electron chi connectivity index (χ0n) is 19.4. The number of fused-ring (bicyclic) bond motifs is 1. The highest BCUT2D eigenvalue weighted by Gasteiger charge is 2.28. The van der Waals surface area contributed by atoms with Crippen LogP contribution >= 0.6 is 0 Å². The number of rotatable bonds is 8. The summed E-state index contributed by atoms with van der Waals surface area (Å²) in [6.07, 6.45) is 0.814. The van der Waals surface area contributed by atoms with Crippen LogP contribution in [0.2, 0.25) is 0 Å². The Morgan fingerprint density at radius 2 is 1.84 bits per heavy atom. The second kappa shape index (κ2) is 9.94. The zero-order valence-corrected chi connectivity index (χ0v) is 19.4. The molecule has 172 valence electrons. The lowest BCUT2D eigenvalue weighted by atomic mass is 10.1. The van der Waals surface area contributed by atoms with Crippen LogP contribution in [0.1, 0.15) is 45.2 Å². The molecule has 7 nitrogen and oxygen atoms in total. The minimum Gasteiger partial charge on any atom is -0.497 e. The summed E-state index contributed by atoms with van der Waals surface area (Å²) in [5.41, 5.74) is 1.50. The van der Waals surface area contributed by atoms with Crippen LogP contribution in [-0.4, -0.2) is 42.2 Å². The van der Waals surface area contributed by atoms with E-state index in [9.17, 15) is 9.59 Å². The van der Waals surface area contributed by atoms with Crippen LogP contribution < -0.4 is 19.5 Å². The second-order valence-corrected chi connectivity index (χ2v) is 8.98. The van der Waals surface area contributed by atoms with Crippen molar-refractivity contribution in [2.24, 2.45) is 0 Å². The van der Waals surface area contributed by atoms with Crippen LogP contribution in [-0.2, 0) is 22.6 Å². The van der Waals surface area contributed by atoms with E-state index in [0.717, 1.165) is 11.1 Å². The molecule has 1 aliphatic heterocycles. The molecule has 32 heavy (non-hydrogen) atoms. The van der Waals surface area contributed by atoms with E-state index >= 15 is 0 Å². The lowest BCUT2D eigenvalue weighted by Crippen LogP contribution is -2.52. The summed E-state index contributed by atoms with van der Waals surface area (Å²) in [4.78, 5) is 27.8. The van der Waals surface area contributed by atoms with Gasteiger partial charge < -0.3 is 24.4 Å². The van der Waals surface area contributed by atoms with Crippen molar-refractivity contribution in [3.05, 3.63) is 53.6 Å². The number of methoxy groups -OCH3 is 1. The third-order valence-electron chi connectivity index (χ3n) is 5.22. The number of nitrogens with one attached hydrogen (secondary N) is 1. The quantitative estimate of drug-likeness (QED) is 0.678. The maximum atomic E-state index is 13.3. The fraction of sp³-hybridized carbons (Fsp3) is 0.440. The van der Waals surface area contributed by atoms with Gasteiger partial charge in [-0.25, -0.2) is 0 Å². The first-order valence-electron chi connectivity index (χ1n) is 10.8. The number of nitrogens with zero attached hydrogens (tertiary/aromatic N) is 1. The van der Waals surface area contributed by atoms with Crippen molar-refractivity contribution in [3.8, 4) is 17.2 Å². The van der Waals surface area contributed by atoms with Gasteiger partial charge in [0.2, 0.25) is 18.6 Å². The Morgan fingerprint density at radius 1 is 1.09 bits per heavy atom. The molecule has 0 saturated heterocycles. The third-order valence-corrected chi connectivity index (χ3v) is 5.22. The average molecular weight is 441 g/mol. The van der Waals surface area contributed by atoms with Crippen molar-refractivity contribution in [2.75, 3.05) is 13.9 Å². The standard InChI is InChI=1S/C25H32N2O5/c1-17(24(29)26-25(2,3)4)27(15-19-7-6-8-20(13-19)30-5)23(28)12-10-18-9-11-21-22(14-18)32-16-31-21/h6-9,11,13-14,17H,10,12,15-16H2,1-5H3,(H,26,29)/t17-/m1/s1. The van der Waals surface area contributed by atoms with Crippen molar-refractivity contribution in [3.63, 3.8) is 0 Å². The predicted octanol–water partition coefficient (Wildman–Crippen LogP) is 3.69. The normalized spacial score (nSPS) is 13.4. The fourth-order valence-corrected chi connectivity index (χ4v) is 3.52. The summed E-state index contributed by atoms with van der Waals surface area (Å²) >= 11 is 0. The van der Waals surface area contributed by atoms with Gasteiger partial charge in [0, 0.05) is 18.5 Å². The SMILES string of the molecule is COc1cccc(CN(C(=O)CCc2ccc3c(c2)OCO3)[C@H](C)C(=O)NC(C)(C)C)c1. The molecule has 2 aromatic rings. The van der Waals surface area contributed by atoms with Crippen LogP contribution in [0.25, 0.3) is 0 Å². The summed E-state index contributed by atoms with van der Waals surface area (Å²) < 4.78 is 16.1. The highest BCUT2D eigenvalue weighted by molar-refractivity contribution is 5.87. The first-order chi connectivity index (χ1) is 15.2. The molecule has 0 radical (unpaired) electrons. The number of amides is 2. The van der Waals surface area contributed by atoms with Gasteiger partial charge in [-0.15, -0.1) is 0 Å². The van der Waals surface area contributed by atoms with Gasteiger partial charge in [0.1, 0.15) is 11.8 Å². The lowest BCUT2D eigenvalue weighted by molar-refractivity contribution is -0.141. The summed E-state index contributed by atoms with van der Waals surface area (Å²) in [7, 11) is 1.60. The minimum atomic E-state index is -0.621. The Hall–Kier alpha value is -3.22. The van der Waals surface area contributed by atoms with E-state index in [1.807, 2.05) is 63.2 Å². The van der Waals surface area contributed by atoms with Gasteiger partial charge in [-0.2, -0.15) is 0 Å². The van der Waals surface area contributed by atoms with Gasteiger partial charge in [-0.3, -0.25) is 9.59 Å². The summed E-state index contributed by atoms with van der Waals surface area (Å²) in [5, 5.41) is 2.98. The molecule has 0 bridgehead atoms. The van der Waals surface area contributed by atoms with Crippen molar-refractivity contribution >= 4 is 11.8 Å². The van der Waals surface area contributed by atoms with Crippen molar-refractivity contribution in [2.45, 2.75) is 58.7 Å². The molecule has 2 amide bonds. The Balaban J connectivity index is 1.75. The van der Waals surface area contributed by atoms with Crippen LogP contribution in [0, 0.1) is 0 Å². The molecule has 1 aliphatic rings. The number of carbonyl (C=O) groups is 2. The molecule has 1 atom stereocenters. The molecule has 1 N–H and O–H groups in total. The first kappa shape index (κ1) is 23.4. The zero-order chi connectivity index (χ0) is 23.3. The molecular weight excluding hydrogens is 408 g/mol. The van der Waals surface area contributed by atoms with E-state index in [4.69, 9.17) is 14.2 Å². The number of hydrogen-bond donors (Lipinski definition) is 1. The highest BCUT2D eigenvalue weighted by atomic mass is 16.7. The average Bonchev–Trinajstić information content (AvgIpc) is 3.22. The van der Waals surface area contributed by atoms with Crippen LogP contribution in [0.4, 0.5) is 0 Å². The first-order valence-corrected chi connectivity index (χ1v) is 10.8. The van der Waals surface area contributed by atoms with Crippen LogP contribution in [0.5, 0.6) is 17.2 Å². The fourth-order valence-electron chi connectivity index (χ4n) is 3.52. The maximum Gasteiger partial charge on any atom is 0.242 e. The highest BCUT2D eigenvalue weighted by Crippen LogP contribution is 2.32. The van der Waals surface area contributed by atoms with E-state index < -0.39 is 6.04 Å². The van der Waals surface area contributed by atoms with E-state index in [2.05, 4.69) is 5.32 Å². The molecule has 0 aromatic heterocycles. The summed E-state index contributed by atoms with van der Waals surface area (Å²) in [5.74, 6) is 1.84. The smallest absolute Gasteiger partial charge is 0.242 e. The summed E-state index contributed by atoms with van der Waals surface area (Å²) in [6.45, 7) is 8.06. The van der Waals surface area contributed by atoms with Crippen LogP contribution in [0.3, 0.4) is 0 Å². The van der Waals surface area contributed by atoms with Crippen molar-refractivity contribution in [1.82, 2.24) is 10.2 Å². The maximum absolute atomic E-state index is 13.3. The number of aryl methyl sites for hydroxylation is 1. The Labute approximate surface area is 189 Å². The molecule has 0 saturated carbocycles. The molecule has 7 heteroatoms. The van der Waals surface area contributed by atoms with Gasteiger partial charge in [0.15, 0.2) is 11.5 Å². The van der Waals surface area contributed by atoms with E-state index in [1.54, 1.807) is 18.9 Å². The third kappa shape index (κ3) is 6.15. The molecule has 0 unspecified atom stereocenters. The van der Waals surface area contributed by atoms with E-state index in [1.165, 1.54) is 0 Å². The minimum absolute atomic E-state index is 0.0953. The Bertz CT molecular complexity index is 967. The molecule has 2 aromatic carbocycles. The number of benzene rings is 2. The molecule has 0 fully saturated rings. The molecule has 3 rings (SSSR count). The summed E-state index contributed by atoms with van der Waals surface area (Å²) in [6, 6.07) is 12.6. The topological polar surface area (TPSA) is 77.1 Å². The van der Waals surface area contributed by atoms with E-state index in [-0.39, 0.29) is 30.6 Å². The van der Waals surface area contributed by atoms with Gasteiger partial charge in [0.25, 0.3) is 0 Å². The molecule has 0 aliphatic carbocycles. The predicted molar refractivity (Wildman–Crippen MR) is 122 cm³/mol. The lowest BCUT2D eigenvalue weighted by Gasteiger charge is -2.31. The van der Waals surface area contributed by atoms with E-state index in [0.29, 0.717) is 30.2 Å². The van der Waals surface area contributed by atoms with Gasteiger partial charge in [-0.05, 0) is 69.5 Å². The number of hydrogen-bond acceptors (Lipinski definition) is 5. The van der Waals surface area contributed by atoms with Crippen molar-refractivity contribution in [1.29, 1.82) is 0 Å². The Morgan fingerprint density at radius 3 is 2.56 bits per heavy atom. The van der Waals surface area contributed by atoms with Gasteiger partial charge >= 0.3 is 0 Å². The largest absolute Gasteiger partial charge is 0.497 e.